The first-order valence-electron chi connectivity index (χ1n) is 9.37. The maximum absolute atomic E-state index is 13.2. The lowest BCUT2D eigenvalue weighted by Gasteiger charge is -2.14. The number of nitro benzene ring substituents is 1. The van der Waals surface area contributed by atoms with E-state index in [9.17, 15) is 19.7 Å². The molecule has 32 heavy (non-hydrogen) atoms. The van der Waals surface area contributed by atoms with Crippen molar-refractivity contribution in [3.63, 3.8) is 0 Å². The number of halogens is 1. The molecule has 3 aromatic rings. The van der Waals surface area contributed by atoms with Crippen molar-refractivity contribution < 1.29 is 23.7 Å². The van der Waals surface area contributed by atoms with Gasteiger partial charge in [0.25, 0.3) is 17.5 Å². The van der Waals surface area contributed by atoms with Crippen LogP contribution in [0, 0.1) is 10.1 Å². The molecule has 0 fully saturated rings. The first-order chi connectivity index (χ1) is 15.4. The van der Waals surface area contributed by atoms with Gasteiger partial charge in [-0.2, -0.15) is 0 Å². The van der Waals surface area contributed by atoms with Crippen molar-refractivity contribution in [1.29, 1.82) is 0 Å². The lowest BCUT2D eigenvalue weighted by atomic mass is 10.0. The Hall–Kier alpha value is -4.11. The predicted octanol–water partition coefficient (Wildman–Crippen LogP) is 4.24. The average Bonchev–Trinajstić information content (AvgIpc) is 3.37. The summed E-state index contributed by atoms with van der Waals surface area (Å²) in [6.07, 6.45) is 1.45. The highest BCUT2D eigenvalue weighted by Crippen LogP contribution is 2.34. The fourth-order valence-electron chi connectivity index (χ4n) is 3.30. The number of carbonyl (C=O) groups is 2. The van der Waals surface area contributed by atoms with Gasteiger partial charge in [0.2, 0.25) is 0 Å². The number of furan rings is 1. The second-order valence-corrected chi connectivity index (χ2v) is 7.21. The number of nitrogens with one attached hydrogen (secondary N) is 1. The molecule has 1 aromatic heterocycles. The van der Waals surface area contributed by atoms with Crippen molar-refractivity contribution in [1.82, 2.24) is 4.90 Å². The molecule has 0 saturated heterocycles. The Balaban J connectivity index is 1.75. The average molecular weight is 454 g/mol. The normalized spacial score (nSPS) is 13.6. The summed E-state index contributed by atoms with van der Waals surface area (Å²) in [6.45, 7) is -0.0598. The molecule has 4 rings (SSSR count). The van der Waals surface area contributed by atoms with Crippen molar-refractivity contribution in [2.45, 2.75) is 6.54 Å². The summed E-state index contributed by atoms with van der Waals surface area (Å²) in [6, 6.07) is 13.6. The summed E-state index contributed by atoms with van der Waals surface area (Å²) in [5.74, 6) is -0.229. The zero-order valence-electron chi connectivity index (χ0n) is 16.7. The maximum atomic E-state index is 13.2. The fraction of sp³-hybridized carbons (Fsp3) is 0.0909. The van der Waals surface area contributed by atoms with E-state index in [2.05, 4.69) is 5.32 Å². The topological polar surface area (TPSA) is 115 Å². The van der Waals surface area contributed by atoms with Gasteiger partial charge >= 0.3 is 0 Å². The predicted molar refractivity (Wildman–Crippen MR) is 116 cm³/mol. The van der Waals surface area contributed by atoms with E-state index in [-0.39, 0.29) is 23.5 Å². The third kappa shape index (κ3) is 3.93. The van der Waals surface area contributed by atoms with Gasteiger partial charge in [-0.1, -0.05) is 11.6 Å². The molecule has 0 bridgehead atoms. The number of nitrogens with zero attached hydrogens (tertiary/aromatic N) is 2. The van der Waals surface area contributed by atoms with Crippen LogP contribution in [-0.2, 0) is 16.1 Å². The van der Waals surface area contributed by atoms with Gasteiger partial charge in [0.1, 0.15) is 17.2 Å². The van der Waals surface area contributed by atoms with E-state index in [0.717, 1.165) is 4.90 Å². The van der Waals surface area contributed by atoms with Crippen LogP contribution in [0.3, 0.4) is 0 Å². The van der Waals surface area contributed by atoms with Gasteiger partial charge in [-0.3, -0.25) is 24.6 Å². The Morgan fingerprint density at radius 3 is 2.47 bits per heavy atom. The molecular weight excluding hydrogens is 438 g/mol. The van der Waals surface area contributed by atoms with Crippen LogP contribution in [0.4, 0.5) is 11.4 Å². The molecular formula is C22H16ClN3O6. The highest BCUT2D eigenvalue weighted by Gasteiger charge is 2.39. The molecule has 0 aliphatic carbocycles. The molecule has 10 heteroatoms. The summed E-state index contributed by atoms with van der Waals surface area (Å²) in [5.41, 5.74) is 0.805. The Morgan fingerprint density at radius 1 is 1.12 bits per heavy atom. The van der Waals surface area contributed by atoms with Crippen LogP contribution >= 0.6 is 11.6 Å². The molecule has 2 amide bonds. The molecule has 1 aliphatic rings. The van der Waals surface area contributed by atoms with Crippen molar-refractivity contribution in [3.05, 3.63) is 93.0 Å². The van der Waals surface area contributed by atoms with Crippen LogP contribution < -0.4 is 10.1 Å². The molecule has 162 valence electrons. The van der Waals surface area contributed by atoms with Crippen molar-refractivity contribution in [3.8, 4) is 5.75 Å². The molecule has 0 spiro atoms. The number of nitro groups is 1. The fourth-order valence-corrected chi connectivity index (χ4v) is 3.56. The smallest absolute Gasteiger partial charge is 0.278 e. The first kappa shape index (κ1) is 21.1. The van der Waals surface area contributed by atoms with Gasteiger partial charge in [-0.05, 0) is 48.0 Å². The number of imide groups is 1. The molecule has 1 N–H and O–H groups in total. The van der Waals surface area contributed by atoms with Crippen molar-refractivity contribution in [2.75, 3.05) is 12.4 Å². The third-order valence-corrected chi connectivity index (χ3v) is 5.15. The molecule has 9 nitrogen and oxygen atoms in total. The van der Waals surface area contributed by atoms with Crippen LogP contribution in [0.25, 0.3) is 5.57 Å². The van der Waals surface area contributed by atoms with E-state index in [1.165, 1.54) is 37.6 Å². The van der Waals surface area contributed by atoms with Gasteiger partial charge in [-0.25, -0.2) is 0 Å². The third-order valence-electron chi connectivity index (χ3n) is 4.85. The van der Waals surface area contributed by atoms with E-state index in [1.54, 1.807) is 30.3 Å². The number of benzene rings is 2. The van der Waals surface area contributed by atoms with Gasteiger partial charge in [0.05, 0.1) is 35.4 Å². The van der Waals surface area contributed by atoms with Gasteiger partial charge in [-0.15, -0.1) is 0 Å². The molecule has 1 aliphatic heterocycles. The molecule has 2 aromatic carbocycles. The Morgan fingerprint density at radius 2 is 1.88 bits per heavy atom. The van der Waals surface area contributed by atoms with E-state index in [4.69, 9.17) is 20.8 Å². The zero-order valence-corrected chi connectivity index (χ0v) is 17.5. The lowest BCUT2D eigenvalue weighted by Crippen LogP contribution is -2.31. The first-order valence-corrected chi connectivity index (χ1v) is 9.75. The number of amides is 2. The monoisotopic (exact) mass is 453 g/mol. The standard InChI is InChI=1S/C22H16ClN3O6/c1-31-18-9-6-14(11-17(18)23)24-20-19(13-4-7-15(8-5-13)26(29)30)21(27)25(22(20)28)12-16-3-2-10-32-16/h2-11,24H,12H2,1H3. The molecule has 2 heterocycles. The van der Waals surface area contributed by atoms with Crippen LogP contribution in [-0.4, -0.2) is 28.7 Å². The number of hydrogen-bond acceptors (Lipinski definition) is 7. The Bertz CT molecular complexity index is 1240. The Kier molecular flexibility index (Phi) is 5.65. The minimum atomic E-state index is -0.563. The van der Waals surface area contributed by atoms with Crippen LogP contribution in [0.2, 0.25) is 5.02 Å². The van der Waals surface area contributed by atoms with Gasteiger partial charge < -0.3 is 14.5 Å². The summed E-state index contributed by atoms with van der Waals surface area (Å²) < 4.78 is 10.4. The minimum Gasteiger partial charge on any atom is -0.495 e. The number of non-ortho nitro benzene ring substituents is 1. The SMILES string of the molecule is COc1ccc(NC2=C(c3ccc([N+](=O)[O-])cc3)C(=O)N(Cc3ccco3)C2=O)cc1Cl. The molecule has 0 unspecified atom stereocenters. The summed E-state index contributed by atoms with van der Waals surface area (Å²) in [7, 11) is 1.48. The number of hydrogen-bond donors (Lipinski definition) is 1. The van der Waals surface area contributed by atoms with Crippen LogP contribution in [0.15, 0.2) is 71.0 Å². The van der Waals surface area contributed by atoms with E-state index >= 15 is 0 Å². The molecule has 0 radical (unpaired) electrons. The van der Waals surface area contributed by atoms with Crippen LogP contribution in [0.1, 0.15) is 11.3 Å². The molecule has 0 saturated carbocycles. The van der Waals surface area contributed by atoms with Gasteiger partial charge in [0.15, 0.2) is 0 Å². The second-order valence-electron chi connectivity index (χ2n) is 6.80. The number of methoxy groups -OCH3 is 1. The number of rotatable bonds is 7. The van der Waals surface area contributed by atoms with E-state index < -0.39 is 16.7 Å². The summed E-state index contributed by atoms with van der Waals surface area (Å²) in [5, 5.41) is 14.3. The minimum absolute atomic E-state index is 0.0247. The highest BCUT2D eigenvalue weighted by atomic mass is 35.5. The van der Waals surface area contributed by atoms with Crippen LogP contribution in [0.5, 0.6) is 5.75 Å². The van der Waals surface area contributed by atoms with Crippen molar-refractivity contribution >= 4 is 40.4 Å². The Labute approximate surface area is 187 Å². The quantitative estimate of drug-likeness (QED) is 0.323. The second kappa shape index (κ2) is 8.56. The number of ether oxygens (including phenoxy) is 1. The van der Waals surface area contributed by atoms with E-state index in [1.807, 2.05) is 0 Å². The molecule has 0 atom stereocenters. The highest BCUT2D eigenvalue weighted by molar-refractivity contribution is 6.36. The zero-order chi connectivity index (χ0) is 22.8. The maximum Gasteiger partial charge on any atom is 0.278 e. The van der Waals surface area contributed by atoms with Crippen molar-refractivity contribution in [2.24, 2.45) is 0 Å². The van der Waals surface area contributed by atoms with E-state index in [0.29, 0.717) is 27.8 Å². The van der Waals surface area contributed by atoms with Gasteiger partial charge in [0, 0.05) is 17.8 Å². The summed E-state index contributed by atoms with van der Waals surface area (Å²) >= 11 is 6.18. The lowest BCUT2D eigenvalue weighted by molar-refractivity contribution is -0.384. The number of anilines is 1. The summed E-state index contributed by atoms with van der Waals surface area (Å²) in [4.78, 5) is 37.9. The number of carbonyl (C=O) groups excluding carboxylic acids is 2. The largest absolute Gasteiger partial charge is 0.495 e.